The van der Waals surface area contributed by atoms with E-state index in [1.807, 2.05) is 67.3 Å². The van der Waals surface area contributed by atoms with E-state index in [9.17, 15) is 9.59 Å². The number of amides is 2. The maximum atomic E-state index is 13.5. The van der Waals surface area contributed by atoms with E-state index in [1.165, 1.54) is 17.3 Å². The number of nitrogens with one attached hydrogen (secondary N) is 1. The van der Waals surface area contributed by atoms with Gasteiger partial charge in [0.25, 0.3) is 0 Å². The third kappa shape index (κ3) is 5.00. The van der Waals surface area contributed by atoms with Gasteiger partial charge in [0.2, 0.25) is 11.8 Å². The number of carbonyl (C=O) groups excluding carboxylic acids is 2. The maximum Gasteiger partial charge on any atom is 0.241 e. The average Bonchev–Trinajstić information content (AvgIpc) is 2.81. The Morgan fingerprint density at radius 2 is 1.69 bits per heavy atom. The first-order chi connectivity index (χ1) is 15.4. The number of benzene rings is 3. The minimum atomic E-state index is -0.486. The molecule has 1 N–H and O–H groups in total. The number of para-hydroxylation sites is 1. The molecular formula is C26H25ClN2O2S. The monoisotopic (exact) mass is 464 g/mol. The summed E-state index contributed by atoms with van der Waals surface area (Å²) in [6, 6.07) is 23.4. The lowest BCUT2D eigenvalue weighted by molar-refractivity contribution is -0.128. The summed E-state index contributed by atoms with van der Waals surface area (Å²) in [4.78, 5) is 29.3. The molecule has 0 fully saturated rings. The predicted molar refractivity (Wildman–Crippen MR) is 131 cm³/mol. The van der Waals surface area contributed by atoms with E-state index in [4.69, 9.17) is 11.6 Å². The molecule has 0 radical (unpaired) electrons. The second-order valence-corrected chi connectivity index (χ2v) is 9.67. The molecule has 32 heavy (non-hydrogen) atoms. The van der Waals surface area contributed by atoms with Crippen LogP contribution >= 0.6 is 23.4 Å². The van der Waals surface area contributed by atoms with Gasteiger partial charge in [0.05, 0.1) is 18.2 Å². The number of aryl methyl sites for hydroxylation is 1. The van der Waals surface area contributed by atoms with E-state index in [0.717, 1.165) is 21.7 Å². The van der Waals surface area contributed by atoms with Crippen molar-refractivity contribution in [3.63, 3.8) is 0 Å². The average molecular weight is 465 g/mol. The van der Waals surface area contributed by atoms with Gasteiger partial charge in [0.1, 0.15) is 5.25 Å². The van der Waals surface area contributed by atoms with Crippen LogP contribution in [0.1, 0.15) is 23.6 Å². The highest BCUT2D eigenvalue weighted by Crippen LogP contribution is 2.42. The van der Waals surface area contributed by atoms with Crippen LogP contribution < -0.4 is 10.2 Å². The molecule has 164 valence electrons. The smallest absolute Gasteiger partial charge is 0.241 e. The van der Waals surface area contributed by atoms with E-state index in [2.05, 4.69) is 17.4 Å². The highest BCUT2D eigenvalue weighted by Gasteiger charge is 2.39. The van der Waals surface area contributed by atoms with E-state index in [0.29, 0.717) is 18.1 Å². The Morgan fingerprint density at radius 1 is 1.03 bits per heavy atom. The second-order valence-electron chi connectivity index (χ2n) is 8.05. The van der Waals surface area contributed by atoms with Crippen LogP contribution in [0.25, 0.3) is 0 Å². The predicted octanol–water partition coefficient (Wildman–Crippen LogP) is 5.61. The number of thioether (sulfide) groups is 1. The van der Waals surface area contributed by atoms with Crippen LogP contribution in [0.3, 0.4) is 0 Å². The molecule has 3 aromatic carbocycles. The maximum absolute atomic E-state index is 13.5. The number of nitrogens with zero attached hydrogens (tertiary/aromatic N) is 1. The molecule has 4 nitrogen and oxygen atoms in total. The number of hydrogen-bond donors (Lipinski definition) is 1. The standard InChI is InChI=1S/C26H25ClN2O2S/c1-17-7-9-20(10-8-17)16-29-22-5-3-4-6-23(22)32-24(26(29)31)18(2)25(30)28-15-19-11-13-21(27)14-12-19/h3-14,18,24H,15-16H2,1-2H3,(H,28,30)/t18-,24+/m0/s1. The van der Waals surface area contributed by atoms with Gasteiger partial charge in [0, 0.05) is 16.5 Å². The van der Waals surface area contributed by atoms with Crippen molar-refractivity contribution in [2.24, 2.45) is 5.92 Å². The summed E-state index contributed by atoms with van der Waals surface area (Å²) in [7, 11) is 0. The summed E-state index contributed by atoms with van der Waals surface area (Å²) in [6.07, 6.45) is 0. The van der Waals surface area contributed by atoms with Crippen LogP contribution in [0.5, 0.6) is 0 Å². The fourth-order valence-electron chi connectivity index (χ4n) is 3.68. The fraction of sp³-hybridized carbons (Fsp3) is 0.231. The van der Waals surface area contributed by atoms with Crippen LogP contribution in [-0.2, 0) is 22.7 Å². The highest BCUT2D eigenvalue weighted by molar-refractivity contribution is 8.01. The van der Waals surface area contributed by atoms with Crippen LogP contribution in [0.15, 0.2) is 77.7 Å². The largest absolute Gasteiger partial charge is 0.352 e. The number of carbonyl (C=O) groups is 2. The van der Waals surface area contributed by atoms with Crippen molar-refractivity contribution in [1.82, 2.24) is 5.32 Å². The Bertz CT molecular complexity index is 1120. The molecule has 4 rings (SSSR count). The van der Waals surface area contributed by atoms with Gasteiger partial charge in [-0.15, -0.1) is 11.8 Å². The summed E-state index contributed by atoms with van der Waals surface area (Å²) in [6.45, 7) is 4.74. The van der Waals surface area contributed by atoms with Gasteiger partial charge in [0.15, 0.2) is 0 Å². The van der Waals surface area contributed by atoms with Crippen molar-refractivity contribution in [3.05, 3.63) is 94.5 Å². The van der Waals surface area contributed by atoms with Crippen molar-refractivity contribution in [2.45, 2.75) is 37.1 Å². The number of rotatable bonds is 6. The Hall–Kier alpha value is -2.76. The van der Waals surface area contributed by atoms with Crippen molar-refractivity contribution in [3.8, 4) is 0 Å². The first kappa shape index (κ1) is 22.4. The number of hydrogen-bond acceptors (Lipinski definition) is 3. The molecule has 0 aliphatic carbocycles. The van der Waals surface area contributed by atoms with Gasteiger partial charge in [-0.05, 0) is 42.3 Å². The Morgan fingerprint density at radius 3 is 2.41 bits per heavy atom. The quantitative estimate of drug-likeness (QED) is 0.516. The topological polar surface area (TPSA) is 49.4 Å². The van der Waals surface area contributed by atoms with Crippen LogP contribution in [0.2, 0.25) is 5.02 Å². The van der Waals surface area contributed by atoms with Crippen molar-refractivity contribution >= 4 is 40.9 Å². The van der Waals surface area contributed by atoms with Gasteiger partial charge in [-0.25, -0.2) is 0 Å². The molecule has 0 saturated heterocycles. The fourth-order valence-corrected chi connectivity index (χ4v) is 5.10. The molecule has 0 bridgehead atoms. The van der Waals surface area contributed by atoms with E-state index in [1.54, 1.807) is 12.1 Å². The highest BCUT2D eigenvalue weighted by atomic mass is 35.5. The van der Waals surface area contributed by atoms with Crippen molar-refractivity contribution in [2.75, 3.05) is 4.90 Å². The molecule has 0 spiro atoms. The lowest BCUT2D eigenvalue weighted by atomic mass is 10.0. The van der Waals surface area contributed by atoms with E-state index >= 15 is 0 Å². The molecule has 1 aliphatic heterocycles. The minimum Gasteiger partial charge on any atom is -0.352 e. The summed E-state index contributed by atoms with van der Waals surface area (Å²) in [5.41, 5.74) is 4.10. The van der Waals surface area contributed by atoms with Crippen LogP contribution in [-0.4, -0.2) is 17.1 Å². The summed E-state index contributed by atoms with van der Waals surface area (Å²) in [5, 5.41) is 3.14. The molecule has 0 aromatic heterocycles. The molecule has 2 amide bonds. The minimum absolute atomic E-state index is 0.0385. The zero-order valence-electron chi connectivity index (χ0n) is 18.0. The summed E-state index contributed by atoms with van der Waals surface area (Å²) < 4.78 is 0. The molecule has 3 aromatic rings. The molecule has 1 heterocycles. The molecule has 6 heteroatoms. The van der Waals surface area contributed by atoms with E-state index < -0.39 is 11.2 Å². The first-order valence-electron chi connectivity index (χ1n) is 10.6. The van der Waals surface area contributed by atoms with Gasteiger partial charge in [-0.3, -0.25) is 9.59 Å². The second kappa shape index (κ2) is 9.80. The summed E-state index contributed by atoms with van der Waals surface area (Å²) in [5.74, 6) is -0.655. The third-order valence-electron chi connectivity index (χ3n) is 5.63. The van der Waals surface area contributed by atoms with Crippen LogP contribution in [0, 0.1) is 12.8 Å². The molecular weight excluding hydrogens is 440 g/mol. The van der Waals surface area contributed by atoms with Gasteiger partial charge in [-0.2, -0.15) is 0 Å². The number of anilines is 1. The van der Waals surface area contributed by atoms with Gasteiger partial charge < -0.3 is 10.2 Å². The third-order valence-corrected chi connectivity index (χ3v) is 7.34. The van der Waals surface area contributed by atoms with Gasteiger partial charge >= 0.3 is 0 Å². The lowest BCUT2D eigenvalue weighted by Crippen LogP contribution is -2.47. The van der Waals surface area contributed by atoms with Crippen molar-refractivity contribution < 1.29 is 9.59 Å². The summed E-state index contributed by atoms with van der Waals surface area (Å²) >= 11 is 7.40. The zero-order valence-corrected chi connectivity index (χ0v) is 19.6. The lowest BCUT2D eigenvalue weighted by Gasteiger charge is -2.35. The van der Waals surface area contributed by atoms with Gasteiger partial charge in [-0.1, -0.05) is 72.6 Å². The Kier molecular flexibility index (Phi) is 6.87. The number of fused-ring (bicyclic) bond motifs is 1. The molecule has 0 saturated carbocycles. The number of halogens is 1. The van der Waals surface area contributed by atoms with E-state index in [-0.39, 0.29) is 11.8 Å². The normalized spacial score (nSPS) is 16.4. The SMILES string of the molecule is Cc1ccc(CN2C(=O)[C@@H]([C@H](C)C(=O)NCc3ccc(Cl)cc3)Sc3ccccc32)cc1. The Balaban J connectivity index is 1.51. The zero-order chi connectivity index (χ0) is 22.7. The van der Waals surface area contributed by atoms with Crippen molar-refractivity contribution in [1.29, 1.82) is 0 Å². The molecule has 1 aliphatic rings. The Labute approximate surface area is 198 Å². The first-order valence-corrected chi connectivity index (χ1v) is 11.8. The van der Waals surface area contributed by atoms with Crippen LogP contribution in [0.4, 0.5) is 5.69 Å². The molecule has 2 atom stereocenters. The molecule has 0 unspecified atom stereocenters.